The van der Waals surface area contributed by atoms with Crippen molar-refractivity contribution in [1.29, 1.82) is 0 Å². The van der Waals surface area contributed by atoms with Crippen LogP contribution in [-0.2, 0) is 11.2 Å². The second-order valence-electron chi connectivity index (χ2n) is 4.59. The zero-order valence-corrected chi connectivity index (χ0v) is 11.1. The van der Waals surface area contributed by atoms with Crippen LogP contribution in [-0.4, -0.2) is 23.2 Å². The summed E-state index contributed by atoms with van der Waals surface area (Å²) < 4.78 is 0. The van der Waals surface area contributed by atoms with Crippen LogP contribution >= 0.6 is 22.9 Å². The number of aliphatic hydroxyl groups is 1. The number of amides is 1. The molecule has 0 aromatic carbocycles. The molecule has 0 radical (unpaired) electrons. The highest BCUT2D eigenvalue weighted by Crippen LogP contribution is 2.30. The van der Waals surface area contributed by atoms with Gasteiger partial charge in [-0.15, -0.1) is 11.3 Å². The monoisotopic (exact) mass is 273 g/mol. The van der Waals surface area contributed by atoms with Crippen molar-refractivity contribution < 1.29 is 9.90 Å². The average Bonchev–Trinajstić information content (AvgIpc) is 2.67. The standard InChI is InChI=1S/C12H16ClNO2S/c13-9-6-10(17-7-9)2-3-11(15)14-8-12(16)4-1-5-12/h6-7,16H,1-5,8H2,(H,14,15). The van der Waals surface area contributed by atoms with Crippen molar-refractivity contribution in [1.82, 2.24) is 5.32 Å². The Balaban J connectivity index is 1.67. The maximum Gasteiger partial charge on any atom is 0.220 e. The van der Waals surface area contributed by atoms with E-state index in [1.807, 2.05) is 11.4 Å². The van der Waals surface area contributed by atoms with E-state index >= 15 is 0 Å². The molecule has 1 aromatic heterocycles. The molecule has 1 aliphatic rings. The first-order chi connectivity index (χ1) is 8.07. The minimum Gasteiger partial charge on any atom is -0.388 e. The van der Waals surface area contributed by atoms with Crippen molar-refractivity contribution in [2.24, 2.45) is 0 Å². The number of thiophene rings is 1. The number of nitrogens with one attached hydrogen (secondary N) is 1. The van der Waals surface area contributed by atoms with E-state index in [0.717, 1.165) is 29.2 Å². The molecule has 0 atom stereocenters. The Morgan fingerprint density at radius 3 is 2.88 bits per heavy atom. The lowest BCUT2D eigenvalue weighted by Crippen LogP contribution is -2.47. The molecule has 2 N–H and O–H groups in total. The van der Waals surface area contributed by atoms with E-state index in [1.165, 1.54) is 0 Å². The summed E-state index contributed by atoms with van der Waals surface area (Å²) in [5.41, 5.74) is -0.637. The van der Waals surface area contributed by atoms with Crippen LogP contribution in [0.15, 0.2) is 11.4 Å². The van der Waals surface area contributed by atoms with E-state index in [1.54, 1.807) is 11.3 Å². The minimum absolute atomic E-state index is 0.00477. The summed E-state index contributed by atoms with van der Waals surface area (Å²) in [7, 11) is 0. The third kappa shape index (κ3) is 3.69. The summed E-state index contributed by atoms with van der Waals surface area (Å²) in [6.45, 7) is 0.386. The van der Waals surface area contributed by atoms with Gasteiger partial charge in [0.15, 0.2) is 0 Å². The number of hydrogen-bond acceptors (Lipinski definition) is 3. The van der Waals surface area contributed by atoms with Gasteiger partial charge in [-0.1, -0.05) is 11.6 Å². The SMILES string of the molecule is O=C(CCc1cc(Cl)cs1)NCC1(O)CCC1. The zero-order valence-electron chi connectivity index (χ0n) is 9.54. The first kappa shape index (κ1) is 12.9. The molecule has 1 amide bonds. The van der Waals surface area contributed by atoms with Crippen LogP contribution in [0.1, 0.15) is 30.6 Å². The van der Waals surface area contributed by atoms with Crippen molar-refractivity contribution in [2.75, 3.05) is 6.54 Å². The fourth-order valence-corrected chi connectivity index (χ4v) is 2.91. The Hall–Kier alpha value is -0.580. The van der Waals surface area contributed by atoms with Gasteiger partial charge in [0.2, 0.25) is 5.91 Å². The van der Waals surface area contributed by atoms with Gasteiger partial charge in [-0.2, -0.15) is 0 Å². The Labute approximate surface area is 110 Å². The smallest absolute Gasteiger partial charge is 0.220 e. The van der Waals surface area contributed by atoms with Gasteiger partial charge in [-0.25, -0.2) is 0 Å². The van der Waals surface area contributed by atoms with Crippen molar-refractivity contribution in [3.05, 3.63) is 21.3 Å². The van der Waals surface area contributed by atoms with Gasteiger partial charge in [0.25, 0.3) is 0 Å². The number of rotatable bonds is 5. The van der Waals surface area contributed by atoms with E-state index in [2.05, 4.69) is 5.32 Å². The number of hydrogen-bond donors (Lipinski definition) is 2. The molecule has 0 spiro atoms. The summed E-state index contributed by atoms with van der Waals surface area (Å²) >= 11 is 7.37. The second kappa shape index (κ2) is 5.38. The molecule has 5 heteroatoms. The maximum absolute atomic E-state index is 11.6. The van der Waals surface area contributed by atoms with E-state index in [4.69, 9.17) is 11.6 Å². The van der Waals surface area contributed by atoms with Gasteiger partial charge in [0.1, 0.15) is 0 Å². The highest BCUT2D eigenvalue weighted by atomic mass is 35.5. The quantitative estimate of drug-likeness (QED) is 0.865. The molecule has 17 heavy (non-hydrogen) atoms. The molecular formula is C12H16ClNO2S. The molecule has 94 valence electrons. The largest absolute Gasteiger partial charge is 0.388 e. The van der Waals surface area contributed by atoms with Crippen molar-refractivity contribution in [3.63, 3.8) is 0 Å². The van der Waals surface area contributed by atoms with Crippen molar-refractivity contribution in [3.8, 4) is 0 Å². The van der Waals surface area contributed by atoms with Gasteiger partial charge in [-0.3, -0.25) is 4.79 Å². The second-order valence-corrected chi connectivity index (χ2v) is 6.02. The third-order valence-corrected chi connectivity index (χ3v) is 4.46. The van der Waals surface area contributed by atoms with Gasteiger partial charge in [0.05, 0.1) is 10.6 Å². The Morgan fingerprint density at radius 1 is 1.59 bits per heavy atom. The molecule has 1 fully saturated rings. The molecule has 3 nitrogen and oxygen atoms in total. The molecule has 0 bridgehead atoms. The molecule has 0 unspecified atom stereocenters. The van der Waals surface area contributed by atoms with Crippen LogP contribution in [0, 0.1) is 0 Å². The maximum atomic E-state index is 11.6. The fourth-order valence-electron chi connectivity index (χ4n) is 1.83. The fraction of sp³-hybridized carbons (Fsp3) is 0.583. The summed E-state index contributed by atoms with van der Waals surface area (Å²) in [5, 5.41) is 15.2. The molecule has 0 saturated heterocycles. The summed E-state index contributed by atoms with van der Waals surface area (Å²) in [6.07, 6.45) is 3.82. The number of halogens is 1. The Morgan fingerprint density at radius 2 is 2.35 bits per heavy atom. The van der Waals surface area contributed by atoms with Gasteiger partial charge in [0, 0.05) is 23.2 Å². The van der Waals surface area contributed by atoms with Crippen LogP contribution in [0.2, 0.25) is 5.02 Å². The highest BCUT2D eigenvalue weighted by molar-refractivity contribution is 7.10. The first-order valence-corrected chi connectivity index (χ1v) is 7.05. The van der Waals surface area contributed by atoms with Crippen LogP contribution in [0.3, 0.4) is 0 Å². The highest BCUT2D eigenvalue weighted by Gasteiger charge is 2.34. The Kier molecular flexibility index (Phi) is 4.07. The zero-order chi connectivity index (χ0) is 12.3. The lowest BCUT2D eigenvalue weighted by Gasteiger charge is -2.36. The van der Waals surface area contributed by atoms with Gasteiger partial charge >= 0.3 is 0 Å². The number of carbonyl (C=O) groups is 1. The predicted octanol–water partition coefficient (Wildman–Crippen LogP) is 2.37. The van der Waals surface area contributed by atoms with E-state index < -0.39 is 5.60 Å². The lowest BCUT2D eigenvalue weighted by molar-refractivity contribution is -0.123. The van der Waals surface area contributed by atoms with Crippen LogP contribution in [0.5, 0.6) is 0 Å². The van der Waals surface area contributed by atoms with Crippen molar-refractivity contribution >= 4 is 28.8 Å². The van der Waals surface area contributed by atoms with Gasteiger partial charge in [-0.05, 0) is 31.7 Å². The van der Waals surface area contributed by atoms with E-state index in [9.17, 15) is 9.90 Å². The third-order valence-electron chi connectivity index (χ3n) is 3.12. The molecule has 1 heterocycles. The van der Waals surface area contributed by atoms with E-state index in [-0.39, 0.29) is 5.91 Å². The van der Waals surface area contributed by atoms with Crippen LogP contribution in [0.25, 0.3) is 0 Å². The average molecular weight is 274 g/mol. The summed E-state index contributed by atoms with van der Waals surface area (Å²) in [5.74, 6) is -0.00477. The molecule has 1 saturated carbocycles. The summed E-state index contributed by atoms with van der Waals surface area (Å²) in [6, 6.07) is 1.89. The molecule has 1 aliphatic carbocycles. The lowest BCUT2D eigenvalue weighted by atomic mass is 9.80. The number of carbonyl (C=O) groups excluding carboxylic acids is 1. The predicted molar refractivity (Wildman–Crippen MR) is 69.5 cm³/mol. The molecule has 2 rings (SSSR count). The molecular weight excluding hydrogens is 258 g/mol. The molecule has 0 aliphatic heterocycles. The van der Waals surface area contributed by atoms with Crippen LogP contribution < -0.4 is 5.32 Å². The Bertz CT molecular complexity index is 401. The van der Waals surface area contributed by atoms with E-state index in [0.29, 0.717) is 19.4 Å². The topological polar surface area (TPSA) is 49.3 Å². The number of aryl methyl sites for hydroxylation is 1. The van der Waals surface area contributed by atoms with Crippen molar-refractivity contribution in [2.45, 2.75) is 37.7 Å². The first-order valence-electron chi connectivity index (χ1n) is 5.79. The normalized spacial score (nSPS) is 17.5. The van der Waals surface area contributed by atoms with Crippen LogP contribution in [0.4, 0.5) is 0 Å². The molecule has 1 aromatic rings. The van der Waals surface area contributed by atoms with Gasteiger partial charge < -0.3 is 10.4 Å². The minimum atomic E-state index is -0.637. The summed E-state index contributed by atoms with van der Waals surface area (Å²) in [4.78, 5) is 12.7.